The number of fused-ring (bicyclic) bond motifs is 2. The Balaban J connectivity index is 1.38. The molecule has 0 amide bonds. The Hall–Kier alpha value is -2.62. The number of hydrogen-bond donors (Lipinski definition) is 1. The zero-order valence-electron chi connectivity index (χ0n) is 19.3. The smallest absolute Gasteiger partial charge is 0.361 e. The monoisotopic (exact) mass is 433 g/mol. The lowest BCUT2D eigenvalue weighted by Gasteiger charge is -2.41. The molecule has 4 aromatic carbocycles. The second-order valence-electron chi connectivity index (χ2n) is 10.1. The van der Waals surface area contributed by atoms with E-state index in [0.29, 0.717) is 19.6 Å². The highest BCUT2D eigenvalue weighted by molar-refractivity contribution is 6.25. The topological polar surface area (TPSA) is 21.3 Å². The van der Waals surface area contributed by atoms with Gasteiger partial charge < -0.3 is 9.88 Å². The second kappa shape index (κ2) is 8.97. The second-order valence-corrected chi connectivity index (χ2v) is 10.1. The quantitative estimate of drug-likeness (QED) is 0.370. The normalized spacial score (nSPS) is 20.8. The maximum atomic E-state index is 6.73. The van der Waals surface area contributed by atoms with Gasteiger partial charge in [0.15, 0.2) is 0 Å². The van der Waals surface area contributed by atoms with Crippen LogP contribution in [0.5, 0.6) is 0 Å². The summed E-state index contributed by atoms with van der Waals surface area (Å²) in [5, 5.41) is 9.05. The van der Waals surface area contributed by atoms with Crippen molar-refractivity contribution in [1.82, 2.24) is 5.23 Å². The van der Waals surface area contributed by atoms with Crippen molar-refractivity contribution >= 4 is 29.2 Å². The molecule has 0 aromatic heterocycles. The summed E-state index contributed by atoms with van der Waals surface area (Å²) in [7, 11) is 0.655. The van der Waals surface area contributed by atoms with Gasteiger partial charge in [-0.2, -0.15) is 0 Å². The van der Waals surface area contributed by atoms with Gasteiger partial charge in [-0.15, -0.1) is 0 Å². The largest absolute Gasteiger partial charge is 0.416 e. The maximum Gasteiger partial charge on any atom is 0.361 e. The predicted octanol–water partition coefficient (Wildman–Crippen LogP) is 6.35. The van der Waals surface area contributed by atoms with E-state index in [0.717, 1.165) is 12.8 Å². The first-order valence-electron chi connectivity index (χ1n) is 12.6. The molecule has 2 nitrogen and oxygen atoms in total. The van der Waals surface area contributed by atoms with E-state index in [1.165, 1.54) is 64.8 Å². The molecule has 0 spiro atoms. The first kappa shape index (κ1) is 21.0. The van der Waals surface area contributed by atoms with Crippen LogP contribution in [0.4, 0.5) is 0 Å². The van der Waals surface area contributed by atoms with Crippen molar-refractivity contribution in [2.45, 2.75) is 56.6 Å². The molecule has 1 saturated carbocycles. The van der Waals surface area contributed by atoms with Gasteiger partial charge in [-0.25, -0.2) is 0 Å². The van der Waals surface area contributed by atoms with Gasteiger partial charge in [0.1, 0.15) is 0 Å². The first-order chi connectivity index (χ1) is 16.3. The van der Waals surface area contributed by atoms with Crippen LogP contribution in [0.25, 0.3) is 21.5 Å². The number of rotatable bonds is 5. The molecule has 0 bridgehead atoms. The molecule has 6 rings (SSSR count). The van der Waals surface area contributed by atoms with E-state index in [1.807, 2.05) is 0 Å². The lowest BCUT2D eigenvalue weighted by atomic mass is 9.72. The van der Waals surface area contributed by atoms with Crippen LogP contribution in [0.1, 0.15) is 43.2 Å². The summed E-state index contributed by atoms with van der Waals surface area (Å²) >= 11 is 0. The summed E-state index contributed by atoms with van der Waals surface area (Å²) in [5.74, 6) is 0.696. The molecule has 4 aromatic rings. The summed E-state index contributed by atoms with van der Waals surface area (Å²) in [4.78, 5) is 0. The molecule has 3 heteroatoms. The zero-order chi connectivity index (χ0) is 22.1. The van der Waals surface area contributed by atoms with Crippen molar-refractivity contribution in [3.63, 3.8) is 0 Å². The molecule has 33 heavy (non-hydrogen) atoms. The Morgan fingerprint density at radius 1 is 0.697 bits per heavy atom. The van der Waals surface area contributed by atoms with E-state index in [1.54, 1.807) is 0 Å². The fraction of sp³-hybridized carbons (Fsp3) is 0.333. The van der Waals surface area contributed by atoms with E-state index in [-0.39, 0.29) is 5.60 Å². The number of hydrogen-bond acceptors (Lipinski definition) is 2. The molecule has 1 heterocycles. The van der Waals surface area contributed by atoms with Crippen LogP contribution in [-0.4, -0.2) is 19.3 Å². The van der Waals surface area contributed by atoms with Crippen molar-refractivity contribution in [2.75, 3.05) is 0 Å². The third-order valence-corrected chi connectivity index (χ3v) is 7.99. The highest BCUT2D eigenvalue weighted by Crippen LogP contribution is 2.39. The van der Waals surface area contributed by atoms with Crippen molar-refractivity contribution in [3.8, 4) is 0 Å². The maximum absolute atomic E-state index is 6.73. The van der Waals surface area contributed by atoms with Crippen molar-refractivity contribution in [1.29, 1.82) is 0 Å². The Kier molecular flexibility index (Phi) is 5.69. The summed E-state index contributed by atoms with van der Waals surface area (Å²) < 4.78 is 6.73. The highest BCUT2D eigenvalue weighted by Gasteiger charge is 2.47. The summed E-state index contributed by atoms with van der Waals surface area (Å²) in [6, 6.07) is 31.6. The first-order valence-corrected chi connectivity index (χ1v) is 12.6. The summed E-state index contributed by atoms with van der Waals surface area (Å²) in [6.45, 7) is 0. The highest BCUT2D eigenvalue weighted by atomic mass is 16.5. The molecule has 2 aliphatic rings. The van der Waals surface area contributed by atoms with Gasteiger partial charge in [0, 0.05) is 18.9 Å². The number of nitrogens with one attached hydrogen (secondary N) is 1. The van der Waals surface area contributed by atoms with Crippen LogP contribution in [0.2, 0.25) is 0 Å². The minimum atomic E-state index is -0.215. The van der Waals surface area contributed by atoms with Gasteiger partial charge in [0.2, 0.25) is 0 Å². The van der Waals surface area contributed by atoms with Crippen molar-refractivity contribution in [2.24, 2.45) is 5.92 Å². The Morgan fingerprint density at radius 3 is 1.82 bits per heavy atom. The standard InChI is InChI=1S/C30H32BNO/c1-2-10-26(11-3-1)29-30(33-31-32-29,20-22-14-16-24-8-4-6-12-27(24)18-22)21-23-15-17-25-9-5-7-13-28(25)19-23/h4-9,12-19,26,29,31-32H,1-3,10-11,20-21H2/t29-/m1/s1. The van der Waals surface area contributed by atoms with E-state index in [9.17, 15) is 0 Å². The third kappa shape index (κ3) is 4.21. The number of benzene rings is 4. The molecule has 166 valence electrons. The van der Waals surface area contributed by atoms with Crippen LogP contribution < -0.4 is 5.23 Å². The van der Waals surface area contributed by atoms with Gasteiger partial charge in [-0.05, 0) is 51.4 Å². The fourth-order valence-corrected chi connectivity index (χ4v) is 6.39. The molecule has 2 fully saturated rings. The van der Waals surface area contributed by atoms with Crippen LogP contribution in [0, 0.1) is 5.92 Å². The van der Waals surface area contributed by atoms with Gasteiger partial charge in [-0.1, -0.05) is 104 Å². The molecule has 0 radical (unpaired) electrons. The summed E-state index contributed by atoms with van der Waals surface area (Å²) in [5.41, 5.74) is 2.53. The molecule has 1 aliphatic heterocycles. The average Bonchev–Trinajstić information content (AvgIpc) is 3.27. The van der Waals surface area contributed by atoms with Crippen molar-refractivity contribution < 1.29 is 4.65 Å². The van der Waals surface area contributed by atoms with Crippen molar-refractivity contribution in [3.05, 3.63) is 96.1 Å². The molecule has 1 aliphatic carbocycles. The van der Waals surface area contributed by atoms with Gasteiger partial charge in [0.05, 0.1) is 5.60 Å². The Bertz CT molecular complexity index is 1180. The molecular weight excluding hydrogens is 401 g/mol. The molecule has 1 atom stereocenters. The van der Waals surface area contributed by atoms with E-state index >= 15 is 0 Å². The van der Waals surface area contributed by atoms with Crippen LogP contribution in [0.15, 0.2) is 84.9 Å². The van der Waals surface area contributed by atoms with E-state index in [4.69, 9.17) is 4.65 Å². The van der Waals surface area contributed by atoms with Crippen LogP contribution in [-0.2, 0) is 17.5 Å². The van der Waals surface area contributed by atoms with Gasteiger partial charge >= 0.3 is 7.62 Å². The summed E-state index contributed by atoms with van der Waals surface area (Å²) in [6.07, 6.45) is 8.61. The Morgan fingerprint density at radius 2 is 1.24 bits per heavy atom. The van der Waals surface area contributed by atoms with E-state index in [2.05, 4.69) is 90.2 Å². The fourth-order valence-electron chi connectivity index (χ4n) is 6.39. The predicted molar refractivity (Wildman–Crippen MR) is 140 cm³/mol. The van der Waals surface area contributed by atoms with Crippen LogP contribution in [0.3, 0.4) is 0 Å². The average molecular weight is 433 g/mol. The third-order valence-electron chi connectivity index (χ3n) is 7.99. The minimum absolute atomic E-state index is 0.215. The lowest BCUT2D eigenvalue weighted by molar-refractivity contribution is 0.0437. The molecule has 1 N–H and O–H groups in total. The van der Waals surface area contributed by atoms with E-state index < -0.39 is 0 Å². The molecule has 0 unspecified atom stereocenters. The SMILES string of the molecule is B1N[C@H](C2CCCCC2)C(Cc2ccc3ccccc3c2)(Cc2ccc3ccccc3c2)O1. The lowest BCUT2D eigenvalue weighted by Crippen LogP contribution is -2.52. The molecule has 1 saturated heterocycles. The van der Waals surface area contributed by atoms with Gasteiger partial charge in [-0.3, -0.25) is 0 Å². The zero-order valence-corrected chi connectivity index (χ0v) is 19.3. The van der Waals surface area contributed by atoms with Gasteiger partial charge in [0.25, 0.3) is 0 Å². The molecular formula is C30H32BNO. The van der Waals surface area contributed by atoms with Crippen LogP contribution >= 0.6 is 0 Å². The Labute approximate surface area is 197 Å². The minimum Gasteiger partial charge on any atom is -0.416 e.